The van der Waals surface area contributed by atoms with Gasteiger partial charge in [0, 0.05) is 15.6 Å². The summed E-state index contributed by atoms with van der Waals surface area (Å²) in [7, 11) is 4.59. The van der Waals surface area contributed by atoms with E-state index in [9.17, 15) is 4.79 Å². The number of halogens is 1. The first-order chi connectivity index (χ1) is 13.1. The number of nitrogens with one attached hydrogen (secondary N) is 1. The Morgan fingerprint density at radius 1 is 1.11 bits per heavy atom. The van der Waals surface area contributed by atoms with E-state index in [2.05, 4.69) is 10.5 Å². The van der Waals surface area contributed by atoms with Crippen LogP contribution in [0.25, 0.3) is 10.1 Å². The minimum absolute atomic E-state index is 0.370. The van der Waals surface area contributed by atoms with E-state index < -0.39 is 0 Å². The zero-order valence-electron chi connectivity index (χ0n) is 14.9. The molecule has 0 unspecified atom stereocenters. The summed E-state index contributed by atoms with van der Waals surface area (Å²) in [6.07, 6.45) is 1.49. The van der Waals surface area contributed by atoms with E-state index in [1.165, 1.54) is 38.9 Å². The van der Waals surface area contributed by atoms with Gasteiger partial charge in [0.1, 0.15) is 4.88 Å². The number of amides is 1. The second-order valence-corrected chi connectivity index (χ2v) is 6.83. The summed E-state index contributed by atoms with van der Waals surface area (Å²) in [5.74, 6) is 1.11. The molecule has 1 aromatic heterocycles. The molecule has 0 radical (unpaired) electrons. The monoisotopic (exact) mass is 404 g/mol. The molecule has 1 heterocycles. The highest BCUT2D eigenvalue weighted by Crippen LogP contribution is 2.38. The minimum atomic E-state index is -0.370. The standard InChI is InChI=1S/C19H17ClN2O4S/c1-24-13-8-11(9-14(25-2)17(13)26-3)10-21-22-19(23)18-16(20)12-6-4-5-7-15(12)27-18/h4-10H,1-3H3,(H,22,23). The lowest BCUT2D eigenvalue weighted by atomic mass is 10.2. The first kappa shape index (κ1) is 19.0. The summed E-state index contributed by atoms with van der Waals surface area (Å²) in [5.41, 5.74) is 3.17. The van der Waals surface area contributed by atoms with Gasteiger partial charge in [-0.2, -0.15) is 5.10 Å². The Labute approximate surface area is 165 Å². The van der Waals surface area contributed by atoms with Crippen molar-refractivity contribution in [1.29, 1.82) is 0 Å². The number of rotatable bonds is 6. The molecule has 0 spiro atoms. The van der Waals surface area contributed by atoms with Crippen molar-refractivity contribution in [3.8, 4) is 17.2 Å². The van der Waals surface area contributed by atoms with Crippen LogP contribution in [0, 0.1) is 0 Å². The van der Waals surface area contributed by atoms with Crippen LogP contribution in [0.5, 0.6) is 17.2 Å². The summed E-state index contributed by atoms with van der Waals surface area (Å²) in [6.45, 7) is 0. The number of ether oxygens (including phenoxy) is 3. The van der Waals surface area contributed by atoms with Gasteiger partial charge in [-0.1, -0.05) is 29.8 Å². The van der Waals surface area contributed by atoms with Crippen LogP contribution in [0.3, 0.4) is 0 Å². The van der Waals surface area contributed by atoms with Gasteiger partial charge in [-0.15, -0.1) is 11.3 Å². The number of hydrazone groups is 1. The summed E-state index contributed by atoms with van der Waals surface area (Å²) in [6, 6.07) is 11.0. The van der Waals surface area contributed by atoms with Crippen LogP contribution in [-0.2, 0) is 0 Å². The molecule has 2 aromatic carbocycles. The van der Waals surface area contributed by atoms with Crippen LogP contribution >= 0.6 is 22.9 Å². The number of carbonyl (C=O) groups is 1. The smallest absolute Gasteiger partial charge is 0.283 e. The highest BCUT2D eigenvalue weighted by atomic mass is 35.5. The molecular formula is C19H17ClN2O4S. The third kappa shape index (κ3) is 3.84. The Morgan fingerprint density at radius 3 is 2.37 bits per heavy atom. The third-order valence-electron chi connectivity index (χ3n) is 3.81. The Bertz CT molecular complexity index is 991. The number of thiophene rings is 1. The molecule has 0 bridgehead atoms. The predicted molar refractivity (Wildman–Crippen MR) is 108 cm³/mol. The molecule has 8 heteroatoms. The van der Waals surface area contributed by atoms with Gasteiger partial charge < -0.3 is 14.2 Å². The predicted octanol–water partition coefficient (Wildman–Crippen LogP) is 4.34. The van der Waals surface area contributed by atoms with E-state index in [-0.39, 0.29) is 5.91 Å². The molecule has 0 saturated carbocycles. The van der Waals surface area contributed by atoms with Crippen molar-refractivity contribution >= 4 is 45.1 Å². The molecule has 1 N–H and O–H groups in total. The highest BCUT2D eigenvalue weighted by molar-refractivity contribution is 7.21. The summed E-state index contributed by atoms with van der Waals surface area (Å²) in [4.78, 5) is 12.8. The molecule has 0 fully saturated rings. The first-order valence-corrected chi connectivity index (χ1v) is 9.09. The third-order valence-corrected chi connectivity index (χ3v) is 5.48. The van der Waals surface area contributed by atoms with E-state index in [1.54, 1.807) is 12.1 Å². The first-order valence-electron chi connectivity index (χ1n) is 7.89. The van der Waals surface area contributed by atoms with Crippen LogP contribution in [0.1, 0.15) is 15.2 Å². The Kier molecular flexibility index (Phi) is 5.83. The molecule has 140 valence electrons. The van der Waals surface area contributed by atoms with Gasteiger partial charge in [-0.3, -0.25) is 4.79 Å². The number of carbonyl (C=O) groups excluding carboxylic acids is 1. The van der Waals surface area contributed by atoms with Gasteiger partial charge in [-0.25, -0.2) is 5.43 Å². The summed E-state index contributed by atoms with van der Waals surface area (Å²) < 4.78 is 16.8. The molecule has 6 nitrogen and oxygen atoms in total. The van der Waals surface area contributed by atoms with Crippen molar-refractivity contribution in [3.05, 3.63) is 51.9 Å². The lowest BCUT2D eigenvalue weighted by molar-refractivity contribution is 0.0959. The lowest BCUT2D eigenvalue weighted by Gasteiger charge is -2.12. The van der Waals surface area contributed by atoms with Gasteiger partial charge in [0.2, 0.25) is 5.75 Å². The molecular weight excluding hydrogens is 388 g/mol. The Balaban J connectivity index is 1.80. The fourth-order valence-corrected chi connectivity index (χ4v) is 3.96. The van der Waals surface area contributed by atoms with Crippen molar-refractivity contribution < 1.29 is 19.0 Å². The van der Waals surface area contributed by atoms with E-state index in [0.29, 0.717) is 32.7 Å². The number of fused-ring (bicyclic) bond motifs is 1. The maximum absolute atomic E-state index is 12.4. The molecule has 0 aliphatic heterocycles. The Hall–Kier alpha value is -2.77. The van der Waals surface area contributed by atoms with Gasteiger partial charge in [0.15, 0.2) is 11.5 Å². The van der Waals surface area contributed by atoms with Crippen LogP contribution in [-0.4, -0.2) is 33.5 Å². The van der Waals surface area contributed by atoms with Gasteiger partial charge in [0.05, 0.1) is 32.6 Å². The van der Waals surface area contributed by atoms with Crippen LogP contribution < -0.4 is 19.6 Å². The molecule has 3 aromatic rings. The average molecular weight is 405 g/mol. The SMILES string of the molecule is COc1cc(C=NNC(=O)c2sc3ccccc3c2Cl)cc(OC)c1OC. The number of methoxy groups -OCH3 is 3. The number of hydrogen-bond acceptors (Lipinski definition) is 6. The van der Waals surface area contributed by atoms with E-state index in [1.807, 2.05) is 24.3 Å². The number of nitrogens with zero attached hydrogens (tertiary/aromatic N) is 1. The summed E-state index contributed by atoms with van der Waals surface area (Å²) in [5, 5.41) is 5.28. The largest absolute Gasteiger partial charge is 0.493 e. The van der Waals surface area contributed by atoms with Gasteiger partial charge >= 0.3 is 0 Å². The normalized spacial score (nSPS) is 11.0. The second-order valence-electron chi connectivity index (χ2n) is 5.40. The average Bonchev–Trinajstić information content (AvgIpc) is 3.04. The molecule has 3 rings (SSSR count). The van der Waals surface area contributed by atoms with Crippen LogP contribution in [0.2, 0.25) is 5.02 Å². The van der Waals surface area contributed by atoms with E-state index >= 15 is 0 Å². The fourth-order valence-electron chi connectivity index (χ4n) is 2.55. The van der Waals surface area contributed by atoms with Crippen LogP contribution in [0.4, 0.5) is 0 Å². The topological polar surface area (TPSA) is 69.2 Å². The maximum atomic E-state index is 12.4. The lowest BCUT2D eigenvalue weighted by Crippen LogP contribution is -2.16. The van der Waals surface area contributed by atoms with Crippen LogP contribution in [0.15, 0.2) is 41.5 Å². The maximum Gasteiger partial charge on any atom is 0.283 e. The molecule has 0 saturated heterocycles. The second kappa shape index (κ2) is 8.28. The van der Waals surface area contributed by atoms with E-state index in [0.717, 1.165) is 10.1 Å². The van der Waals surface area contributed by atoms with Gasteiger partial charge in [-0.05, 0) is 18.2 Å². The van der Waals surface area contributed by atoms with Crippen molar-refractivity contribution in [2.24, 2.45) is 5.10 Å². The fraction of sp³-hybridized carbons (Fsp3) is 0.158. The van der Waals surface area contributed by atoms with Gasteiger partial charge in [0.25, 0.3) is 5.91 Å². The quantitative estimate of drug-likeness (QED) is 0.490. The summed E-state index contributed by atoms with van der Waals surface area (Å²) >= 11 is 7.63. The van der Waals surface area contributed by atoms with E-state index in [4.69, 9.17) is 25.8 Å². The number of benzene rings is 2. The Morgan fingerprint density at radius 2 is 1.78 bits per heavy atom. The molecule has 1 amide bonds. The van der Waals surface area contributed by atoms with Crippen molar-refractivity contribution in [2.75, 3.05) is 21.3 Å². The van der Waals surface area contributed by atoms with Crippen molar-refractivity contribution in [3.63, 3.8) is 0 Å². The molecule has 27 heavy (non-hydrogen) atoms. The molecule has 0 aliphatic rings. The zero-order chi connectivity index (χ0) is 19.4. The highest BCUT2D eigenvalue weighted by Gasteiger charge is 2.16. The zero-order valence-corrected chi connectivity index (χ0v) is 16.5. The minimum Gasteiger partial charge on any atom is -0.493 e. The molecule has 0 aliphatic carbocycles. The molecule has 0 atom stereocenters. The van der Waals surface area contributed by atoms with Crippen molar-refractivity contribution in [1.82, 2.24) is 5.43 Å². The number of hydrogen-bond donors (Lipinski definition) is 1. The van der Waals surface area contributed by atoms with Crippen molar-refractivity contribution in [2.45, 2.75) is 0 Å².